The normalized spacial score (nSPS) is 23.7. The molecule has 15 heavy (non-hydrogen) atoms. The molecule has 2 heterocycles. The topological polar surface area (TPSA) is 41.6 Å². The molecule has 2 aliphatic heterocycles. The molecule has 0 aromatic rings. The molecule has 1 amide bonds. The van der Waals surface area contributed by atoms with Gasteiger partial charge in [-0.15, -0.1) is 0 Å². The molecule has 0 radical (unpaired) electrons. The van der Waals surface area contributed by atoms with E-state index in [4.69, 9.17) is 0 Å². The van der Waals surface area contributed by atoms with E-state index in [1.807, 2.05) is 0 Å². The van der Waals surface area contributed by atoms with Gasteiger partial charge in [-0.2, -0.15) is 0 Å². The van der Waals surface area contributed by atoms with Crippen molar-refractivity contribution in [2.24, 2.45) is 11.8 Å². The maximum Gasteiger partial charge on any atom is 0.409 e. The molecule has 2 fully saturated rings. The minimum Gasteiger partial charge on any atom is -0.453 e. The molecule has 2 rings (SSSR count). The zero-order chi connectivity index (χ0) is 10.7. The number of likely N-dealkylation sites (tertiary alicyclic amines) is 1. The van der Waals surface area contributed by atoms with Gasteiger partial charge in [-0.1, -0.05) is 0 Å². The van der Waals surface area contributed by atoms with Gasteiger partial charge in [0.05, 0.1) is 7.11 Å². The Labute approximate surface area is 91.0 Å². The number of piperidine rings is 1. The smallest absolute Gasteiger partial charge is 0.409 e. The summed E-state index contributed by atoms with van der Waals surface area (Å²) in [5, 5.41) is 3.38. The zero-order valence-electron chi connectivity index (χ0n) is 9.37. The Balaban J connectivity index is 1.64. The van der Waals surface area contributed by atoms with E-state index in [1.165, 1.54) is 26.4 Å². The third-order valence-electron chi connectivity index (χ3n) is 3.52. The van der Waals surface area contributed by atoms with Gasteiger partial charge in [0.15, 0.2) is 0 Å². The van der Waals surface area contributed by atoms with Crippen molar-refractivity contribution in [3.05, 3.63) is 0 Å². The maximum absolute atomic E-state index is 11.1. The first-order valence-corrected chi connectivity index (χ1v) is 5.83. The second kappa shape index (κ2) is 4.84. The minimum atomic E-state index is -0.170. The number of rotatable bonds is 2. The first kappa shape index (κ1) is 10.7. The molecule has 0 bridgehead atoms. The summed E-state index contributed by atoms with van der Waals surface area (Å²) in [4.78, 5) is 12.9. The lowest BCUT2D eigenvalue weighted by Crippen LogP contribution is -2.50. The van der Waals surface area contributed by atoms with E-state index in [0.29, 0.717) is 5.92 Å². The Bertz CT molecular complexity index is 221. The van der Waals surface area contributed by atoms with Crippen molar-refractivity contribution in [2.45, 2.75) is 19.3 Å². The Hall–Kier alpha value is -0.770. The van der Waals surface area contributed by atoms with Crippen LogP contribution in [0.15, 0.2) is 0 Å². The van der Waals surface area contributed by atoms with Gasteiger partial charge in [0, 0.05) is 13.1 Å². The minimum absolute atomic E-state index is 0.170. The Morgan fingerprint density at radius 2 is 2.00 bits per heavy atom. The number of carbonyl (C=O) groups excluding carboxylic acids is 1. The summed E-state index contributed by atoms with van der Waals surface area (Å²) in [6.07, 6.45) is 3.72. The lowest BCUT2D eigenvalue weighted by atomic mass is 9.84. The van der Waals surface area contributed by atoms with Gasteiger partial charge in [0.1, 0.15) is 0 Å². The summed E-state index contributed by atoms with van der Waals surface area (Å²) in [6.45, 7) is 4.13. The van der Waals surface area contributed by atoms with Crippen LogP contribution < -0.4 is 5.32 Å². The number of ether oxygens (including phenoxy) is 1. The van der Waals surface area contributed by atoms with E-state index in [9.17, 15) is 4.79 Å². The number of hydrogen-bond donors (Lipinski definition) is 1. The molecule has 4 heteroatoms. The van der Waals surface area contributed by atoms with Gasteiger partial charge in [-0.3, -0.25) is 0 Å². The number of carbonyl (C=O) groups is 1. The fraction of sp³-hybridized carbons (Fsp3) is 0.909. The molecule has 0 spiro atoms. The molecule has 0 aliphatic carbocycles. The van der Waals surface area contributed by atoms with Gasteiger partial charge < -0.3 is 15.0 Å². The van der Waals surface area contributed by atoms with Crippen LogP contribution in [0.2, 0.25) is 0 Å². The summed E-state index contributed by atoms with van der Waals surface area (Å²) >= 11 is 0. The van der Waals surface area contributed by atoms with Crippen molar-refractivity contribution in [1.29, 1.82) is 0 Å². The van der Waals surface area contributed by atoms with Crippen molar-refractivity contribution < 1.29 is 9.53 Å². The van der Waals surface area contributed by atoms with Gasteiger partial charge in [-0.05, 0) is 44.2 Å². The van der Waals surface area contributed by atoms with Gasteiger partial charge >= 0.3 is 6.09 Å². The third-order valence-corrected chi connectivity index (χ3v) is 3.52. The largest absolute Gasteiger partial charge is 0.453 e. The van der Waals surface area contributed by atoms with Gasteiger partial charge in [0.2, 0.25) is 0 Å². The van der Waals surface area contributed by atoms with Crippen LogP contribution in [-0.4, -0.2) is 44.3 Å². The summed E-state index contributed by atoms with van der Waals surface area (Å²) in [5.41, 5.74) is 0. The summed E-state index contributed by atoms with van der Waals surface area (Å²) < 4.78 is 4.67. The first-order chi connectivity index (χ1) is 7.29. The molecule has 0 unspecified atom stereocenters. The quantitative estimate of drug-likeness (QED) is 0.744. The van der Waals surface area contributed by atoms with Crippen molar-refractivity contribution in [3.63, 3.8) is 0 Å². The van der Waals surface area contributed by atoms with Crippen LogP contribution >= 0.6 is 0 Å². The molecular formula is C11H20N2O2. The van der Waals surface area contributed by atoms with E-state index < -0.39 is 0 Å². The second-order valence-corrected chi connectivity index (χ2v) is 4.67. The predicted molar refractivity (Wildman–Crippen MR) is 57.7 cm³/mol. The van der Waals surface area contributed by atoms with E-state index in [0.717, 1.165) is 32.1 Å². The van der Waals surface area contributed by atoms with E-state index >= 15 is 0 Å². The average molecular weight is 212 g/mol. The SMILES string of the molecule is COC(=O)N1CC(CC2CCNCC2)C1. The third kappa shape index (κ3) is 2.62. The second-order valence-electron chi connectivity index (χ2n) is 4.67. The summed E-state index contributed by atoms with van der Waals surface area (Å²) in [5.74, 6) is 1.59. The van der Waals surface area contributed by atoms with E-state index in [-0.39, 0.29) is 6.09 Å². The van der Waals surface area contributed by atoms with E-state index in [1.54, 1.807) is 4.90 Å². The number of nitrogens with one attached hydrogen (secondary N) is 1. The van der Waals surface area contributed by atoms with Crippen LogP contribution in [0.4, 0.5) is 4.79 Å². The molecule has 2 saturated heterocycles. The van der Waals surface area contributed by atoms with Crippen molar-refractivity contribution in [2.75, 3.05) is 33.3 Å². The molecule has 2 aliphatic rings. The number of nitrogens with zero attached hydrogens (tertiary/aromatic N) is 1. The fourth-order valence-corrected chi connectivity index (χ4v) is 2.59. The van der Waals surface area contributed by atoms with Crippen LogP contribution in [0, 0.1) is 11.8 Å². The zero-order valence-corrected chi connectivity index (χ0v) is 9.37. The summed E-state index contributed by atoms with van der Waals surface area (Å²) in [7, 11) is 1.45. The van der Waals surface area contributed by atoms with Gasteiger partial charge in [0.25, 0.3) is 0 Å². The Morgan fingerprint density at radius 3 is 2.60 bits per heavy atom. The average Bonchev–Trinajstić information content (AvgIpc) is 2.23. The van der Waals surface area contributed by atoms with Crippen LogP contribution in [0.3, 0.4) is 0 Å². The molecule has 0 aromatic carbocycles. The van der Waals surface area contributed by atoms with Crippen LogP contribution in [-0.2, 0) is 4.74 Å². The molecule has 4 nitrogen and oxygen atoms in total. The number of hydrogen-bond acceptors (Lipinski definition) is 3. The lowest BCUT2D eigenvalue weighted by molar-refractivity contribution is 0.0562. The lowest BCUT2D eigenvalue weighted by Gasteiger charge is -2.40. The Kier molecular flexibility index (Phi) is 3.46. The molecule has 0 saturated carbocycles. The standard InChI is InChI=1S/C11H20N2O2/c1-15-11(14)13-7-10(8-13)6-9-2-4-12-5-3-9/h9-10,12H,2-8H2,1H3. The Morgan fingerprint density at radius 1 is 1.33 bits per heavy atom. The monoisotopic (exact) mass is 212 g/mol. The highest BCUT2D eigenvalue weighted by Crippen LogP contribution is 2.27. The van der Waals surface area contributed by atoms with Crippen molar-refractivity contribution in [1.82, 2.24) is 10.2 Å². The van der Waals surface area contributed by atoms with Crippen LogP contribution in [0.5, 0.6) is 0 Å². The van der Waals surface area contributed by atoms with Gasteiger partial charge in [-0.25, -0.2) is 4.79 Å². The highest BCUT2D eigenvalue weighted by molar-refractivity contribution is 5.68. The molecule has 1 N–H and O–H groups in total. The maximum atomic E-state index is 11.1. The van der Waals surface area contributed by atoms with Crippen molar-refractivity contribution in [3.8, 4) is 0 Å². The van der Waals surface area contributed by atoms with Crippen molar-refractivity contribution >= 4 is 6.09 Å². The first-order valence-electron chi connectivity index (χ1n) is 5.83. The predicted octanol–water partition coefficient (Wildman–Crippen LogP) is 1.07. The number of amides is 1. The molecule has 86 valence electrons. The molecule has 0 aromatic heterocycles. The fourth-order valence-electron chi connectivity index (χ4n) is 2.59. The highest BCUT2D eigenvalue weighted by Gasteiger charge is 2.32. The summed E-state index contributed by atoms with van der Waals surface area (Å²) in [6, 6.07) is 0. The van der Waals surface area contributed by atoms with Crippen LogP contribution in [0.25, 0.3) is 0 Å². The number of methoxy groups -OCH3 is 1. The highest BCUT2D eigenvalue weighted by atomic mass is 16.5. The molecular weight excluding hydrogens is 192 g/mol. The molecule has 0 atom stereocenters. The van der Waals surface area contributed by atoms with Crippen LogP contribution in [0.1, 0.15) is 19.3 Å². The van der Waals surface area contributed by atoms with E-state index in [2.05, 4.69) is 10.1 Å².